The van der Waals surface area contributed by atoms with Gasteiger partial charge in [-0.05, 0) is 43.1 Å². The third-order valence-corrected chi connectivity index (χ3v) is 4.35. The third-order valence-electron chi connectivity index (χ3n) is 4.35. The summed E-state index contributed by atoms with van der Waals surface area (Å²) in [5.74, 6) is 0.0760. The molecule has 1 atom stereocenters. The second-order valence-electron chi connectivity index (χ2n) is 6.01. The van der Waals surface area contributed by atoms with Gasteiger partial charge in [0.2, 0.25) is 0 Å². The molecule has 0 radical (unpaired) electrons. The van der Waals surface area contributed by atoms with Crippen LogP contribution in [0.3, 0.4) is 0 Å². The molecule has 1 aliphatic heterocycles. The van der Waals surface area contributed by atoms with E-state index in [-0.39, 0.29) is 11.8 Å². The molecule has 1 unspecified atom stereocenters. The Morgan fingerprint density at radius 2 is 1.79 bits per heavy atom. The Hall–Kier alpha value is -2.66. The number of benzene rings is 2. The molecule has 3 rings (SSSR count). The van der Waals surface area contributed by atoms with Gasteiger partial charge in [0.15, 0.2) is 0 Å². The zero-order valence-corrected chi connectivity index (χ0v) is 13.4. The van der Waals surface area contributed by atoms with Crippen molar-refractivity contribution in [3.05, 3.63) is 65.7 Å². The number of hydrogen-bond donors (Lipinski definition) is 2. The summed E-state index contributed by atoms with van der Waals surface area (Å²) in [6.45, 7) is 1.98. The lowest BCUT2D eigenvalue weighted by Gasteiger charge is -2.18. The van der Waals surface area contributed by atoms with Crippen molar-refractivity contribution in [1.82, 2.24) is 4.90 Å². The Morgan fingerprint density at radius 1 is 1.08 bits per heavy atom. The van der Waals surface area contributed by atoms with Gasteiger partial charge < -0.3 is 16.0 Å². The molecule has 0 saturated carbocycles. The normalized spacial score (nSPS) is 16.9. The number of para-hydroxylation sites is 1. The van der Waals surface area contributed by atoms with E-state index in [0.717, 1.165) is 6.42 Å². The van der Waals surface area contributed by atoms with Crippen molar-refractivity contribution >= 4 is 17.5 Å². The summed E-state index contributed by atoms with van der Waals surface area (Å²) in [5, 5.41) is 2.85. The highest BCUT2D eigenvalue weighted by Gasteiger charge is 2.27. The summed E-state index contributed by atoms with van der Waals surface area (Å²) in [7, 11) is 0. The third kappa shape index (κ3) is 3.46. The topological polar surface area (TPSA) is 75.4 Å². The monoisotopic (exact) mass is 323 g/mol. The van der Waals surface area contributed by atoms with Gasteiger partial charge in [-0.15, -0.1) is 0 Å². The molecule has 0 spiro atoms. The van der Waals surface area contributed by atoms with E-state index in [1.54, 1.807) is 24.3 Å². The molecule has 5 nitrogen and oxygen atoms in total. The van der Waals surface area contributed by atoms with E-state index >= 15 is 0 Å². The average Bonchev–Trinajstić information content (AvgIpc) is 3.11. The molecule has 2 aromatic carbocycles. The van der Waals surface area contributed by atoms with Gasteiger partial charge in [-0.3, -0.25) is 9.59 Å². The molecule has 1 fully saturated rings. The highest BCUT2D eigenvalue weighted by molar-refractivity contribution is 6.09. The van der Waals surface area contributed by atoms with Crippen LogP contribution < -0.4 is 11.1 Å². The molecule has 0 bridgehead atoms. The molecular formula is C19H21N3O2. The highest BCUT2D eigenvalue weighted by atomic mass is 16.2. The minimum atomic E-state index is -0.225. The van der Waals surface area contributed by atoms with E-state index in [1.807, 2.05) is 35.2 Å². The van der Waals surface area contributed by atoms with Crippen LogP contribution in [0.1, 0.15) is 27.1 Å². The van der Waals surface area contributed by atoms with Gasteiger partial charge in [-0.2, -0.15) is 0 Å². The highest BCUT2D eigenvalue weighted by Crippen LogP contribution is 2.22. The van der Waals surface area contributed by atoms with Crippen molar-refractivity contribution in [2.45, 2.75) is 6.42 Å². The predicted octanol–water partition coefficient (Wildman–Crippen LogP) is 2.36. The zero-order valence-electron chi connectivity index (χ0n) is 13.4. The molecular weight excluding hydrogens is 302 g/mol. The Bertz CT molecular complexity index is 730. The standard InChI is InChI=1S/C19H21N3O2/c20-12-14-10-11-22(13-14)19(24)16-8-4-5-9-17(16)21-18(23)15-6-2-1-3-7-15/h1-9,14H,10-13,20H2,(H,21,23). The molecule has 2 amide bonds. The smallest absolute Gasteiger partial charge is 0.255 e. The maximum Gasteiger partial charge on any atom is 0.255 e. The largest absolute Gasteiger partial charge is 0.338 e. The first-order valence-corrected chi connectivity index (χ1v) is 8.14. The minimum absolute atomic E-state index is 0.0603. The van der Waals surface area contributed by atoms with Crippen molar-refractivity contribution in [1.29, 1.82) is 0 Å². The summed E-state index contributed by atoms with van der Waals surface area (Å²) in [6, 6.07) is 16.1. The molecule has 124 valence electrons. The quantitative estimate of drug-likeness (QED) is 0.907. The molecule has 1 heterocycles. The fraction of sp³-hybridized carbons (Fsp3) is 0.263. The predicted molar refractivity (Wildman–Crippen MR) is 93.9 cm³/mol. The van der Waals surface area contributed by atoms with Crippen LogP contribution in [-0.4, -0.2) is 36.3 Å². The minimum Gasteiger partial charge on any atom is -0.338 e. The molecule has 24 heavy (non-hydrogen) atoms. The van der Waals surface area contributed by atoms with Crippen LogP contribution in [0.5, 0.6) is 0 Å². The second-order valence-corrected chi connectivity index (χ2v) is 6.01. The number of likely N-dealkylation sites (tertiary alicyclic amines) is 1. The van der Waals surface area contributed by atoms with Crippen LogP contribution in [0.2, 0.25) is 0 Å². The van der Waals surface area contributed by atoms with Crippen LogP contribution in [-0.2, 0) is 0 Å². The van der Waals surface area contributed by atoms with E-state index in [1.165, 1.54) is 0 Å². The lowest BCUT2D eigenvalue weighted by atomic mass is 10.1. The van der Waals surface area contributed by atoms with Crippen molar-refractivity contribution in [2.24, 2.45) is 11.7 Å². The first-order chi connectivity index (χ1) is 11.7. The second kappa shape index (κ2) is 7.27. The van der Waals surface area contributed by atoms with Crippen LogP contribution in [0.15, 0.2) is 54.6 Å². The molecule has 5 heteroatoms. The van der Waals surface area contributed by atoms with Gasteiger partial charge in [0, 0.05) is 18.7 Å². The SMILES string of the molecule is NCC1CCN(C(=O)c2ccccc2NC(=O)c2ccccc2)C1. The van der Waals surface area contributed by atoms with Crippen LogP contribution >= 0.6 is 0 Å². The van der Waals surface area contributed by atoms with Gasteiger partial charge in [-0.25, -0.2) is 0 Å². The number of rotatable bonds is 4. The Labute approximate surface area is 141 Å². The van der Waals surface area contributed by atoms with Gasteiger partial charge in [0.1, 0.15) is 0 Å². The first kappa shape index (κ1) is 16.2. The molecule has 1 aliphatic rings. The van der Waals surface area contributed by atoms with Crippen LogP contribution in [0.4, 0.5) is 5.69 Å². The summed E-state index contributed by atoms with van der Waals surface area (Å²) in [6.07, 6.45) is 0.931. The fourth-order valence-corrected chi connectivity index (χ4v) is 2.94. The maximum absolute atomic E-state index is 12.8. The summed E-state index contributed by atoms with van der Waals surface area (Å²) < 4.78 is 0. The van der Waals surface area contributed by atoms with Crippen molar-refractivity contribution in [3.63, 3.8) is 0 Å². The van der Waals surface area contributed by atoms with Gasteiger partial charge in [0.25, 0.3) is 11.8 Å². The van der Waals surface area contributed by atoms with E-state index in [9.17, 15) is 9.59 Å². The molecule has 0 aromatic heterocycles. The average molecular weight is 323 g/mol. The summed E-state index contributed by atoms with van der Waals surface area (Å²) in [4.78, 5) is 26.9. The fourth-order valence-electron chi connectivity index (χ4n) is 2.94. The van der Waals surface area contributed by atoms with Crippen LogP contribution in [0.25, 0.3) is 0 Å². The van der Waals surface area contributed by atoms with Crippen molar-refractivity contribution in [3.8, 4) is 0 Å². The summed E-state index contributed by atoms with van der Waals surface area (Å²) in [5.41, 5.74) is 7.31. The number of nitrogens with two attached hydrogens (primary N) is 1. The number of nitrogens with one attached hydrogen (secondary N) is 1. The Kier molecular flexibility index (Phi) is 4.91. The number of nitrogens with zero attached hydrogens (tertiary/aromatic N) is 1. The maximum atomic E-state index is 12.8. The first-order valence-electron chi connectivity index (χ1n) is 8.14. The number of hydrogen-bond acceptors (Lipinski definition) is 3. The van der Waals surface area contributed by atoms with E-state index in [0.29, 0.717) is 42.4 Å². The number of anilines is 1. The molecule has 3 N–H and O–H groups in total. The van der Waals surface area contributed by atoms with Gasteiger partial charge in [0.05, 0.1) is 11.3 Å². The Morgan fingerprint density at radius 3 is 2.50 bits per heavy atom. The Balaban J connectivity index is 1.78. The lowest BCUT2D eigenvalue weighted by Crippen LogP contribution is -2.30. The molecule has 0 aliphatic carbocycles. The number of carbonyl (C=O) groups excluding carboxylic acids is 2. The lowest BCUT2D eigenvalue weighted by molar-refractivity contribution is 0.0788. The van der Waals surface area contributed by atoms with Crippen molar-refractivity contribution in [2.75, 3.05) is 25.0 Å². The summed E-state index contributed by atoms with van der Waals surface area (Å²) >= 11 is 0. The van der Waals surface area contributed by atoms with Crippen LogP contribution in [0, 0.1) is 5.92 Å². The van der Waals surface area contributed by atoms with E-state index in [2.05, 4.69) is 5.32 Å². The van der Waals surface area contributed by atoms with E-state index < -0.39 is 0 Å². The van der Waals surface area contributed by atoms with Gasteiger partial charge in [-0.1, -0.05) is 30.3 Å². The van der Waals surface area contributed by atoms with Crippen molar-refractivity contribution < 1.29 is 9.59 Å². The zero-order chi connectivity index (χ0) is 16.9. The molecule has 2 aromatic rings. The number of amides is 2. The number of carbonyl (C=O) groups is 2. The molecule has 1 saturated heterocycles. The van der Waals surface area contributed by atoms with Gasteiger partial charge >= 0.3 is 0 Å². The van der Waals surface area contributed by atoms with E-state index in [4.69, 9.17) is 5.73 Å².